The van der Waals surface area contributed by atoms with E-state index in [4.69, 9.17) is 0 Å². The zero-order valence-corrected chi connectivity index (χ0v) is 11.0. The number of nitrogens with one attached hydrogen (secondary N) is 1. The van der Waals surface area contributed by atoms with Crippen molar-refractivity contribution in [3.8, 4) is 0 Å². The van der Waals surface area contributed by atoms with Gasteiger partial charge in [0, 0.05) is 24.9 Å². The molecular formula is C12H21N3S. The van der Waals surface area contributed by atoms with E-state index >= 15 is 0 Å². The predicted octanol–water partition coefficient (Wildman–Crippen LogP) is 2.74. The van der Waals surface area contributed by atoms with Crippen LogP contribution in [0.25, 0.3) is 0 Å². The monoisotopic (exact) mass is 239 g/mol. The van der Waals surface area contributed by atoms with Gasteiger partial charge in [0.1, 0.15) is 10.0 Å². The highest BCUT2D eigenvalue weighted by molar-refractivity contribution is 7.11. The molecule has 1 aliphatic carbocycles. The van der Waals surface area contributed by atoms with Gasteiger partial charge in [-0.3, -0.25) is 0 Å². The van der Waals surface area contributed by atoms with Crippen LogP contribution < -0.4 is 5.32 Å². The molecule has 1 N–H and O–H groups in total. The second-order valence-electron chi connectivity index (χ2n) is 4.53. The van der Waals surface area contributed by atoms with Gasteiger partial charge in [-0.2, -0.15) is 0 Å². The highest BCUT2D eigenvalue weighted by Gasteiger charge is 2.20. The van der Waals surface area contributed by atoms with Crippen LogP contribution in [0.2, 0.25) is 0 Å². The minimum absolute atomic E-state index is 0.614. The Bertz CT molecular complexity index is 316. The number of hydrogen-bond donors (Lipinski definition) is 1. The fourth-order valence-corrected chi connectivity index (χ4v) is 2.95. The Kier molecular flexibility index (Phi) is 4.29. The highest BCUT2D eigenvalue weighted by Crippen LogP contribution is 2.26. The van der Waals surface area contributed by atoms with Crippen LogP contribution in [0.4, 0.5) is 0 Å². The second kappa shape index (κ2) is 5.73. The van der Waals surface area contributed by atoms with Crippen LogP contribution in [0.15, 0.2) is 0 Å². The maximum Gasteiger partial charge on any atom is 0.120 e. The van der Waals surface area contributed by atoms with E-state index in [0.717, 1.165) is 19.0 Å². The number of hydrogen-bond acceptors (Lipinski definition) is 4. The average Bonchev–Trinajstić information content (AvgIpc) is 3.00. The molecule has 1 heterocycles. The Morgan fingerprint density at radius 1 is 1.31 bits per heavy atom. The van der Waals surface area contributed by atoms with Gasteiger partial charge in [0.15, 0.2) is 0 Å². The Morgan fingerprint density at radius 3 is 2.69 bits per heavy atom. The van der Waals surface area contributed by atoms with Gasteiger partial charge in [0.05, 0.1) is 0 Å². The molecule has 1 aliphatic rings. The number of nitrogens with zero attached hydrogens (tertiary/aromatic N) is 2. The summed E-state index contributed by atoms with van der Waals surface area (Å²) in [6.07, 6.45) is 6.09. The van der Waals surface area contributed by atoms with Crippen LogP contribution in [0, 0.1) is 0 Å². The third-order valence-electron chi connectivity index (χ3n) is 3.17. The van der Waals surface area contributed by atoms with E-state index in [9.17, 15) is 0 Å². The second-order valence-corrected chi connectivity index (χ2v) is 5.62. The van der Waals surface area contributed by atoms with E-state index in [2.05, 4.69) is 29.4 Å². The molecule has 0 unspecified atom stereocenters. The fraction of sp³-hybridized carbons (Fsp3) is 0.833. The Morgan fingerprint density at radius 2 is 2.06 bits per heavy atom. The summed E-state index contributed by atoms with van der Waals surface area (Å²) < 4.78 is 0. The summed E-state index contributed by atoms with van der Waals surface area (Å²) in [6, 6.07) is 0.798. The molecule has 4 heteroatoms. The van der Waals surface area contributed by atoms with Gasteiger partial charge >= 0.3 is 0 Å². The molecule has 90 valence electrons. The largest absolute Gasteiger partial charge is 0.314 e. The van der Waals surface area contributed by atoms with Crippen molar-refractivity contribution >= 4 is 11.3 Å². The third-order valence-corrected chi connectivity index (χ3v) is 4.31. The normalized spacial score (nSPS) is 15.9. The number of aromatic nitrogens is 2. The minimum Gasteiger partial charge on any atom is -0.314 e. The number of rotatable bonds is 7. The first kappa shape index (κ1) is 12.0. The highest BCUT2D eigenvalue weighted by atomic mass is 32.1. The lowest BCUT2D eigenvalue weighted by atomic mass is 10.1. The molecule has 0 spiro atoms. The van der Waals surface area contributed by atoms with Crippen LogP contribution in [0.5, 0.6) is 0 Å². The van der Waals surface area contributed by atoms with E-state index in [1.807, 2.05) is 0 Å². The molecule has 0 aromatic carbocycles. The first-order valence-corrected chi connectivity index (χ1v) is 7.20. The van der Waals surface area contributed by atoms with Gasteiger partial charge in [-0.15, -0.1) is 21.5 Å². The molecule has 0 saturated heterocycles. The molecule has 1 fully saturated rings. The van der Waals surface area contributed by atoms with Gasteiger partial charge in [0.25, 0.3) is 0 Å². The van der Waals surface area contributed by atoms with Gasteiger partial charge in [-0.25, -0.2) is 0 Å². The fourth-order valence-electron chi connectivity index (χ4n) is 1.84. The van der Waals surface area contributed by atoms with Gasteiger partial charge < -0.3 is 5.32 Å². The molecule has 2 rings (SSSR count). The summed E-state index contributed by atoms with van der Waals surface area (Å²) in [6.45, 7) is 5.51. The zero-order chi connectivity index (χ0) is 11.4. The first-order valence-electron chi connectivity index (χ1n) is 6.39. The van der Waals surface area contributed by atoms with Crippen molar-refractivity contribution in [1.82, 2.24) is 15.5 Å². The molecule has 3 nitrogen and oxygen atoms in total. The maximum absolute atomic E-state index is 4.31. The SMILES string of the molecule is CCC(CC)c1nnc(CCNC2CC2)s1. The average molecular weight is 239 g/mol. The predicted molar refractivity (Wildman–Crippen MR) is 68.0 cm³/mol. The maximum atomic E-state index is 4.31. The van der Waals surface area contributed by atoms with Crippen molar-refractivity contribution in [1.29, 1.82) is 0 Å². The van der Waals surface area contributed by atoms with Crippen LogP contribution in [-0.4, -0.2) is 22.8 Å². The third kappa shape index (κ3) is 3.25. The lowest BCUT2D eigenvalue weighted by molar-refractivity contribution is 0.629. The summed E-state index contributed by atoms with van der Waals surface area (Å²) in [5, 5.41) is 14.5. The molecule has 0 atom stereocenters. The quantitative estimate of drug-likeness (QED) is 0.795. The molecule has 0 bridgehead atoms. The molecular weight excluding hydrogens is 218 g/mol. The van der Waals surface area contributed by atoms with E-state index in [1.54, 1.807) is 11.3 Å². The summed E-state index contributed by atoms with van der Waals surface area (Å²) in [5.41, 5.74) is 0. The molecule has 1 saturated carbocycles. The van der Waals surface area contributed by atoms with Gasteiger partial charge in [-0.1, -0.05) is 13.8 Å². The lowest BCUT2D eigenvalue weighted by Gasteiger charge is -2.05. The Balaban J connectivity index is 1.80. The van der Waals surface area contributed by atoms with Crippen LogP contribution in [-0.2, 0) is 6.42 Å². The molecule has 16 heavy (non-hydrogen) atoms. The molecule has 1 aromatic heterocycles. The van der Waals surface area contributed by atoms with Crippen molar-refractivity contribution in [3.05, 3.63) is 10.0 Å². The summed E-state index contributed by atoms with van der Waals surface area (Å²) in [5.74, 6) is 0.614. The van der Waals surface area contributed by atoms with E-state index < -0.39 is 0 Å². The van der Waals surface area contributed by atoms with Crippen molar-refractivity contribution in [2.75, 3.05) is 6.54 Å². The zero-order valence-electron chi connectivity index (χ0n) is 10.2. The Hall–Kier alpha value is -0.480. The smallest absolute Gasteiger partial charge is 0.120 e. The molecule has 0 aliphatic heterocycles. The summed E-state index contributed by atoms with van der Waals surface area (Å²) in [4.78, 5) is 0. The van der Waals surface area contributed by atoms with E-state index in [0.29, 0.717) is 5.92 Å². The Labute approximate surface area is 102 Å². The molecule has 0 radical (unpaired) electrons. The topological polar surface area (TPSA) is 37.8 Å². The van der Waals surface area contributed by atoms with Crippen molar-refractivity contribution in [2.45, 2.75) is 57.9 Å². The van der Waals surface area contributed by atoms with Crippen LogP contribution in [0.1, 0.15) is 55.5 Å². The van der Waals surface area contributed by atoms with Crippen LogP contribution in [0.3, 0.4) is 0 Å². The van der Waals surface area contributed by atoms with Gasteiger partial charge in [0.2, 0.25) is 0 Å². The standard InChI is InChI=1S/C12H21N3S/c1-3-9(4-2)12-15-14-11(16-12)7-8-13-10-5-6-10/h9-10,13H,3-8H2,1-2H3. The van der Waals surface area contributed by atoms with E-state index in [-0.39, 0.29) is 0 Å². The lowest BCUT2D eigenvalue weighted by Crippen LogP contribution is -2.19. The van der Waals surface area contributed by atoms with Gasteiger partial charge in [-0.05, 0) is 25.7 Å². The van der Waals surface area contributed by atoms with Crippen molar-refractivity contribution in [3.63, 3.8) is 0 Å². The van der Waals surface area contributed by atoms with E-state index in [1.165, 1.54) is 35.7 Å². The summed E-state index contributed by atoms with van der Waals surface area (Å²) >= 11 is 1.80. The summed E-state index contributed by atoms with van der Waals surface area (Å²) in [7, 11) is 0. The van der Waals surface area contributed by atoms with Crippen molar-refractivity contribution < 1.29 is 0 Å². The molecule has 1 aromatic rings. The minimum atomic E-state index is 0.614. The molecule has 0 amide bonds. The van der Waals surface area contributed by atoms with Crippen molar-refractivity contribution in [2.24, 2.45) is 0 Å². The first-order chi connectivity index (χ1) is 7.83. The van der Waals surface area contributed by atoms with Crippen LogP contribution >= 0.6 is 11.3 Å².